The molecule has 0 aliphatic rings. The van der Waals surface area contributed by atoms with Gasteiger partial charge in [0.2, 0.25) is 0 Å². The number of halogens is 4. The predicted molar refractivity (Wildman–Crippen MR) is 44.9 cm³/mol. The van der Waals surface area contributed by atoms with Crippen molar-refractivity contribution in [2.24, 2.45) is 0 Å². The first kappa shape index (κ1) is 12.3. The van der Waals surface area contributed by atoms with Crippen molar-refractivity contribution in [3.63, 3.8) is 0 Å². The van der Waals surface area contributed by atoms with Crippen LogP contribution in [0, 0.1) is 5.82 Å². The molecule has 0 heterocycles. The first-order valence-electron chi connectivity index (χ1n) is 3.95. The van der Waals surface area contributed by atoms with E-state index in [0.717, 1.165) is 7.11 Å². The molecule has 7 heteroatoms. The van der Waals surface area contributed by atoms with Gasteiger partial charge < -0.3 is 9.84 Å². The summed E-state index contributed by atoms with van der Waals surface area (Å²) in [5.74, 6) is -3.67. The van der Waals surface area contributed by atoms with Crippen molar-refractivity contribution >= 4 is 5.97 Å². The van der Waals surface area contributed by atoms with Crippen molar-refractivity contribution in [3.05, 3.63) is 29.1 Å². The highest BCUT2D eigenvalue weighted by atomic mass is 19.4. The molecule has 0 radical (unpaired) electrons. The zero-order chi connectivity index (χ0) is 12.5. The summed E-state index contributed by atoms with van der Waals surface area (Å²) in [6.45, 7) is 0. The minimum atomic E-state index is -4.88. The van der Waals surface area contributed by atoms with Gasteiger partial charge in [0.25, 0.3) is 0 Å². The number of carboxylic acid groups (broad SMARTS) is 1. The number of alkyl halides is 3. The first-order chi connectivity index (χ1) is 7.27. The fourth-order valence-corrected chi connectivity index (χ4v) is 1.12. The molecule has 0 aliphatic heterocycles. The van der Waals surface area contributed by atoms with E-state index in [1.54, 1.807) is 0 Å². The van der Waals surface area contributed by atoms with E-state index in [4.69, 9.17) is 5.11 Å². The number of carbonyl (C=O) groups is 1. The molecule has 0 aromatic heterocycles. The summed E-state index contributed by atoms with van der Waals surface area (Å²) < 4.78 is 54.6. The van der Waals surface area contributed by atoms with E-state index in [1.807, 2.05) is 0 Å². The number of rotatable bonds is 2. The maximum absolute atomic E-state index is 13.0. The average Bonchev–Trinajstić information content (AvgIpc) is 2.15. The zero-order valence-electron chi connectivity index (χ0n) is 7.93. The minimum Gasteiger partial charge on any atom is -0.494 e. The lowest BCUT2D eigenvalue weighted by molar-refractivity contribution is -0.138. The van der Waals surface area contributed by atoms with E-state index in [0.29, 0.717) is 6.07 Å². The van der Waals surface area contributed by atoms with E-state index in [-0.39, 0.29) is 6.07 Å². The Balaban J connectivity index is 3.49. The lowest BCUT2D eigenvalue weighted by atomic mass is 10.1. The third kappa shape index (κ3) is 2.23. The lowest BCUT2D eigenvalue weighted by Gasteiger charge is -2.12. The number of hydrogen-bond donors (Lipinski definition) is 1. The highest BCUT2D eigenvalue weighted by Gasteiger charge is 2.36. The normalized spacial score (nSPS) is 11.3. The summed E-state index contributed by atoms with van der Waals surface area (Å²) in [6.07, 6.45) is -4.88. The van der Waals surface area contributed by atoms with Crippen LogP contribution in [-0.4, -0.2) is 18.2 Å². The third-order valence-corrected chi connectivity index (χ3v) is 1.83. The van der Waals surface area contributed by atoms with Gasteiger partial charge >= 0.3 is 12.1 Å². The summed E-state index contributed by atoms with van der Waals surface area (Å²) in [6, 6.07) is 0.600. The van der Waals surface area contributed by atoms with Crippen molar-refractivity contribution in [1.29, 1.82) is 0 Å². The van der Waals surface area contributed by atoms with Gasteiger partial charge in [-0.15, -0.1) is 0 Å². The Morgan fingerprint density at radius 3 is 2.31 bits per heavy atom. The van der Waals surface area contributed by atoms with Crippen LogP contribution in [0.1, 0.15) is 15.9 Å². The van der Waals surface area contributed by atoms with E-state index < -0.39 is 34.8 Å². The van der Waals surface area contributed by atoms with E-state index in [2.05, 4.69) is 4.74 Å². The van der Waals surface area contributed by atoms with Gasteiger partial charge in [0.05, 0.1) is 18.2 Å². The molecular weight excluding hydrogens is 232 g/mol. The molecule has 16 heavy (non-hydrogen) atoms. The fourth-order valence-electron chi connectivity index (χ4n) is 1.12. The Kier molecular flexibility index (Phi) is 3.06. The van der Waals surface area contributed by atoms with Crippen molar-refractivity contribution < 1.29 is 32.2 Å². The van der Waals surface area contributed by atoms with Gasteiger partial charge in [-0.1, -0.05) is 0 Å². The fraction of sp³-hybridized carbons (Fsp3) is 0.222. The Hall–Kier alpha value is -1.79. The van der Waals surface area contributed by atoms with Crippen molar-refractivity contribution in [2.45, 2.75) is 6.18 Å². The van der Waals surface area contributed by atoms with Gasteiger partial charge in [-0.3, -0.25) is 0 Å². The third-order valence-electron chi connectivity index (χ3n) is 1.83. The molecule has 1 N–H and O–H groups in total. The SMILES string of the molecule is COc1cc(C(F)(F)F)c(C(=O)O)cc1F. The molecule has 0 unspecified atom stereocenters. The number of ether oxygens (including phenoxy) is 1. The lowest BCUT2D eigenvalue weighted by Crippen LogP contribution is -2.13. The second kappa shape index (κ2) is 3.99. The molecule has 0 fully saturated rings. The molecule has 0 bridgehead atoms. The topological polar surface area (TPSA) is 46.5 Å². The van der Waals surface area contributed by atoms with Crippen LogP contribution in [0.15, 0.2) is 12.1 Å². The molecule has 0 saturated heterocycles. The van der Waals surface area contributed by atoms with Gasteiger partial charge in [-0.25, -0.2) is 9.18 Å². The minimum absolute atomic E-state index is 0.282. The molecule has 0 atom stereocenters. The van der Waals surface area contributed by atoms with E-state index >= 15 is 0 Å². The molecular formula is C9H6F4O3. The van der Waals surface area contributed by atoms with Gasteiger partial charge in [0.15, 0.2) is 11.6 Å². The highest BCUT2D eigenvalue weighted by molar-refractivity contribution is 5.90. The summed E-state index contributed by atoms with van der Waals surface area (Å²) >= 11 is 0. The van der Waals surface area contributed by atoms with Crippen molar-refractivity contribution in [3.8, 4) is 5.75 Å². The monoisotopic (exact) mass is 238 g/mol. The summed E-state index contributed by atoms with van der Waals surface area (Å²) in [5.41, 5.74) is -2.59. The molecule has 0 aliphatic carbocycles. The van der Waals surface area contributed by atoms with Gasteiger partial charge in [-0.05, 0) is 12.1 Å². The Morgan fingerprint density at radius 2 is 1.94 bits per heavy atom. The smallest absolute Gasteiger partial charge is 0.417 e. The average molecular weight is 238 g/mol. The van der Waals surface area contributed by atoms with E-state index in [1.165, 1.54) is 0 Å². The van der Waals surface area contributed by atoms with E-state index in [9.17, 15) is 22.4 Å². The largest absolute Gasteiger partial charge is 0.494 e. The Labute approximate surface area is 87.3 Å². The predicted octanol–water partition coefficient (Wildman–Crippen LogP) is 2.55. The molecule has 1 aromatic rings. The molecule has 88 valence electrons. The summed E-state index contributed by atoms with van der Waals surface area (Å²) in [5, 5.41) is 8.51. The number of aromatic carboxylic acids is 1. The number of carboxylic acids is 1. The molecule has 0 spiro atoms. The Bertz CT molecular complexity index is 425. The maximum atomic E-state index is 13.0. The molecule has 3 nitrogen and oxygen atoms in total. The van der Waals surface area contributed by atoms with Crippen LogP contribution in [0.4, 0.5) is 17.6 Å². The van der Waals surface area contributed by atoms with Crippen LogP contribution in [0.3, 0.4) is 0 Å². The van der Waals surface area contributed by atoms with Gasteiger partial charge in [-0.2, -0.15) is 13.2 Å². The van der Waals surface area contributed by atoms with Crippen LogP contribution in [0.2, 0.25) is 0 Å². The standard InChI is InChI=1S/C9H6F4O3/c1-16-7-3-5(9(11,12)13)4(8(14)15)2-6(7)10/h2-3H,1H3,(H,14,15). The van der Waals surface area contributed by atoms with Crippen LogP contribution in [0.5, 0.6) is 5.75 Å². The maximum Gasteiger partial charge on any atom is 0.417 e. The molecule has 0 saturated carbocycles. The summed E-state index contributed by atoms with van der Waals surface area (Å²) in [7, 11) is 0.985. The van der Waals surface area contributed by atoms with Crippen LogP contribution >= 0.6 is 0 Å². The highest BCUT2D eigenvalue weighted by Crippen LogP contribution is 2.35. The van der Waals surface area contributed by atoms with Gasteiger partial charge in [0, 0.05) is 0 Å². The zero-order valence-corrected chi connectivity index (χ0v) is 7.93. The van der Waals surface area contributed by atoms with Crippen molar-refractivity contribution in [2.75, 3.05) is 7.11 Å². The van der Waals surface area contributed by atoms with Gasteiger partial charge in [0.1, 0.15) is 0 Å². The molecule has 1 aromatic carbocycles. The molecule has 1 rings (SSSR count). The second-order valence-electron chi connectivity index (χ2n) is 2.84. The number of methoxy groups -OCH3 is 1. The van der Waals surface area contributed by atoms with Crippen molar-refractivity contribution in [1.82, 2.24) is 0 Å². The van der Waals surface area contributed by atoms with Crippen LogP contribution in [0.25, 0.3) is 0 Å². The molecule has 0 amide bonds. The quantitative estimate of drug-likeness (QED) is 0.805. The summed E-state index contributed by atoms with van der Waals surface area (Å²) in [4.78, 5) is 10.5. The second-order valence-corrected chi connectivity index (χ2v) is 2.84. The number of benzene rings is 1. The van der Waals surface area contributed by atoms with Crippen LogP contribution < -0.4 is 4.74 Å². The van der Waals surface area contributed by atoms with Crippen LogP contribution in [-0.2, 0) is 6.18 Å². The Morgan fingerprint density at radius 1 is 1.38 bits per heavy atom. The first-order valence-corrected chi connectivity index (χ1v) is 3.95. The number of hydrogen-bond acceptors (Lipinski definition) is 2.